The molecule has 1 aliphatic heterocycles. The Morgan fingerprint density at radius 2 is 2.00 bits per heavy atom. The van der Waals surface area contributed by atoms with Crippen LogP contribution in [0.3, 0.4) is 0 Å². The Bertz CT molecular complexity index is 726. The summed E-state index contributed by atoms with van der Waals surface area (Å²) in [4.78, 5) is 36.6. The number of hydrogen-bond acceptors (Lipinski definition) is 6. The average molecular weight is 365 g/mol. The molecule has 0 bridgehead atoms. The van der Waals surface area contributed by atoms with Gasteiger partial charge in [0.05, 0.1) is 17.6 Å². The zero-order valence-corrected chi connectivity index (χ0v) is 14.6. The molecule has 1 atom stereocenters. The molecule has 1 saturated heterocycles. The maximum Gasteiger partial charge on any atom is 0.337 e. The number of esters is 1. The fourth-order valence-electron chi connectivity index (χ4n) is 2.20. The first kappa shape index (κ1) is 18.2. The van der Waals surface area contributed by atoms with Gasteiger partial charge in [0.15, 0.2) is 0 Å². The molecule has 0 aliphatic carbocycles. The summed E-state index contributed by atoms with van der Waals surface area (Å²) in [6, 6.07) is 5.56. The van der Waals surface area contributed by atoms with Crippen LogP contribution in [0.1, 0.15) is 29.3 Å². The number of methoxy groups -OCH3 is 1. The molecule has 1 heterocycles. The standard InChI is InChI=1S/C16H15NO5S2/c1-3-11(14(19)20)17-13(18)12(24-16(17)23)8-9-4-6-10(7-5-9)15(21)22-2/h4-8,11H,3H2,1-2H3,(H,19,20)/b12-8+/t11-/m1/s1. The van der Waals surface area contributed by atoms with Crippen LogP contribution < -0.4 is 0 Å². The number of amides is 1. The van der Waals surface area contributed by atoms with E-state index in [-0.39, 0.29) is 10.7 Å². The highest BCUT2D eigenvalue weighted by molar-refractivity contribution is 8.26. The Morgan fingerprint density at radius 1 is 1.38 bits per heavy atom. The molecule has 1 amide bonds. The molecule has 1 aromatic carbocycles. The minimum Gasteiger partial charge on any atom is -0.480 e. The van der Waals surface area contributed by atoms with E-state index in [0.717, 1.165) is 16.7 Å². The fraction of sp³-hybridized carbons (Fsp3) is 0.250. The Hall–Kier alpha value is -2.19. The molecular weight excluding hydrogens is 350 g/mol. The van der Waals surface area contributed by atoms with Crippen LogP contribution in [0.25, 0.3) is 6.08 Å². The Labute approximate surface area is 148 Å². The van der Waals surface area contributed by atoms with Crippen LogP contribution in [0.4, 0.5) is 0 Å². The van der Waals surface area contributed by atoms with Crippen LogP contribution in [0.2, 0.25) is 0 Å². The van der Waals surface area contributed by atoms with Gasteiger partial charge in [-0.2, -0.15) is 0 Å². The second-order valence-corrected chi connectivity index (χ2v) is 6.60. The summed E-state index contributed by atoms with van der Waals surface area (Å²) < 4.78 is 4.85. The molecule has 0 aromatic heterocycles. The number of thioether (sulfide) groups is 1. The summed E-state index contributed by atoms with van der Waals surface area (Å²) in [5, 5.41) is 9.23. The number of carbonyl (C=O) groups is 3. The maximum atomic E-state index is 12.5. The first-order valence-electron chi connectivity index (χ1n) is 7.07. The maximum absolute atomic E-state index is 12.5. The summed E-state index contributed by atoms with van der Waals surface area (Å²) in [7, 11) is 1.30. The van der Waals surface area contributed by atoms with E-state index in [9.17, 15) is 19.5 Å². The normalized spacial score (nSPS) is 17.2. The summed E-state index contributed by atoms with van der Waals surface area (Å²) in [6.45, 7) is 1.69. The number of carboxylic acids is 1. The first-order valence-corrected chi connectivity index (χ1v) is 8.29. The highest BCUT2D eigenvalue weighted by Crippen LogP contribution is 2.34. The summed E-state index contributed by atoms with van der Waals surface area (Å²) >= 11 is 6.21. The topological polar surface area (TPSA) is 83.9 Å². The molecule has 0 spiro atoms. The van der Waals surface area contributed by atoms with E-state index in [1.54, 1.807) is 37.3 Å². The third-order valence-electron chi connectivity index (χ3n) is 3.44. The van der Waals surface area contributed by atoms with Gasteiger partial charge in [-0.25, -0.2) is 9.59 Å². The van der Waals surface area contributed by atoms with Gasteiger partial charge in [0, 0.05) is 0 Å². The number of nitrogens with zero attached hydrogens (tertiary/aromatic N) is 1. The second-order valence-electron chi connectivity index (χ2n) is 4.93. The molecule has 24 heavy (non-hydrogen) atoms. The number of carboxylic acid groups (broad SMARTS) is 1. The molecule has 1 aliphatic rings. The van der Waals surface area contributed by atoms with Crippen LogP contribution in [0.5, 0.6) is 0 Å². The largest absolute Gasteiger partial charge is 0.480 e. The Kier molecular flexibility index (Phi) is 5.74. The molecule has 0 radical (unpaired) electrons. The zero-order chi connectivity index (χ0) is 17.9. The number of rotatable bonds is 5. The van der Waals surface area contributed by atoms with Gasteiger partial charge >= 0.3 is 11.9 Å². The minimum absolute atomic E-state index is 0.228. The van der Waals surface area contributed by atoms with Gasteiger partial charge in [0.1, 0.15) is 10.4 Å². The number of thiocarbonyl (C=S) groups is 1. The molecular formula is C16H15NO5S2. The predicted octanol–water partition coefficient (Wildman–Crippen LogP) is 2.54. The molecule has 126 valence electrons. The molecule has 1 N–H and O–H groups in total. The monoisotopic (exact) mass is 365 g/mol. The van der Waals surface area contributed by atoms with Crippen molar-refractivity contribution in [1.82, 2.24) is 4.90 Å². The lowest BCUT2D eigenvalue weighted by molar-refractivity contribution is -0.145. The summed E-state index contributed by atoms with van der Waals surface area (Å²) in [5.74, 6) is -1.95. The minimum atomic E-state index is -1.09. The SMILES string of the molecule is CC[C@H](C(=O)O)N1C(=O)/C(=C\c2ccc(C(=O)OC)cc2)SC1=S. The van der Waals surface area contributed by atoms with Crippen molar-refractivity contribution in [3.63, 3.8) is 0 Å². The highest BCUT2D eigenvalue weighted by atomic mass is 32.2. The van der Waals surface area contributed by atoms with Gasteiger partial charge < -0.3 is 9.84 Å². The predicted molar refractivity (Wildman–Crippen MR) is 94.5 cm³/mol. The van der Waals surface area contributed by atoms with Gasteiger partial charge in [-0.05, 0) is 30.2 Å². The lowest BCUT2D eigenvalue weighted by Gasteiger charge is -2.21. The van der Waals surface area contributed by atoms with Gasteiger partial charge in [0.2, 0.25) is 0 Å². The first-order chi connectivity index (χ1) is 11.4. The van der Waals surface area contributed by atoms with Gasteiger partial charge in [-0.3, -0.25) is 9.69 Å². The van der Waals surface area contributed by atoms with Crippen LogP contribution >= 0.6 is 24.0 Å². The molecule has 1 fully saturated rings. The van der Waals surface area contributed by atoms with Crippen molar-refractivity contribution >= 4 is 52.2 Å². The third kappa shape index (κ3) is 3.65. The van der Waals surface area contributed by atoms with Crippen molar-refractivity contribution < 1.29 is 24.2 Å². The van der Waals surface area contributed by atoms with Crippen LogP contribution in [0, 0.1) is 0 Å². The van der Waals surface area contributed by atoms with E-state index < -0.39 is 23.9 Å². The van der Waals surface area contributed by atoms with Crippen molar-refractivity contribution in [2.75, 3.05) is 7.11 Å². The van der Waals surface area contributed by atoms with E-state index in [1.807, 2.05) is 0 Å². The average Bonchev–Trinajstić information content (AvgIpc) is 2.83. The van der Waals surface area contributed by atoms with Crippen LogP contribution in [0.15, 0.2) is 29.2 Å². The number of carbonyl (C=O) groups excluding carboxylic acids is 2. The third-order valence-corrected chi connectivity index (χ3v) is 4.77. The molecule has 0 saturated carbocycles. The Balaban J connectivity index is 2.25. The van der Waals surface area contributed by atoms with Crippen molar-refractivity contribution in [2.45, 2.75) is 19.4 Å². The smallest absolute Gasteiger partial charge is 0.337 e. The van der Waals surface area contributed by atoms with Crippen LogP contribution in [-0.4, -0.2) is 45.3 Å². The quantitative estimate of drug-likeness (QED) is 0.488. The van der Waals surface area contributed by atoms with Gasteiger partial charge in [-0.1, -0.05) is 43.0 Å². The van der Waals surface area contributed by atoms with Crippen molar-refractivity contribution in [1.29, 1.82) is 0 Å². The molecule has 8 heteroatoms. The van der Waals surface area contributed by atoms with Crippen molar-refractivity contribution in [3.05, 3.63) is 40.3 Å². The van der Waals surface area contributed by atoms with E-state index in [1.165, 1.54) is 7.11 Å². The van der Waals surface area contributed by atoms with Crippen LogP contribution in [-0.2, 0) is 14.3 Å². The molecule has 6 nitrogen and oxygen atoms in total. The number of benzene rings is 1. The molecule has 2 rings (SSSR count). The second kappa shape index (κ2) is 7.59. The van der Waals surface area contributed by atoms with E-state index in [4.69, 9.17) is 12.2 Å². The van der Waals surface area contributed by atoms with E-state index in [2.05, 4.69) is 4.74 Å². The van der Waals surface area contributed by atoms with Crippen molar-refractivity contribution in [2.24, 2.45) is 0 Å². The summed E-state index contributed by atoms with van der Waals surface area (Å²) in [6.07, 6.45) is 1.89. The zero-order valence-electron chi connectivity index (χ0n) is 13.0. The van der Waals surface area contributed by atoms with Crippen molar-refractivity contribution in [3.8, 4) is 0 Å². The highest BCUT2D eigenvalue weighted by Gasteiger charge is 2.39. The number of aliphatic carboxylic acids is 1. The van der Waals surface area contributed by atoms with Gasteiger partial charge in [0.25, 0.3) is 5.91 Å². The van der Waals surface area contributed by atoms with Gasteiger partial charge in [-0.15, -0.1) is 0 Å². The lowest BCUT2D eigenvalue weighted by Crippen LogP contribution is -2.43. The molecule has 1 aromatic rings. The van der Waals surface area contributed by atoms with E-state index in [0.29, 0.717) is 16.0 Å². The molecule has 0 unspecified atom stereocenters. The Morgan fingerprint density at radius 3 is 2.50 bits per heavy atom. The lowest BCUT2D eigenvalue weighted by atomic mass is 10.1. The number of hydrogen-bond donors (Lipinski definition) is 1. The van der Waals surface area contributed by atoms with E-state index >= 15 is 0 Å². The number of ether oxygens (including phenoxy) is 1. The summed E-state index contributed by atoms with van der Waals surface area (Å²) in [5.41, 5.74) is 1.10. The fourth-order valence-corrected chi connectivity index (χ4v) is 3.56.